The lowest BCUT2D eigenvalue weighted by Gasteiger charge is -2.38. The van der Waals surface area contributed by atoms with Crippen molar-refractivity contribution in [3.8, 4) is 5.75 Å². The molecule has 2 atom stereocenters. The number of hydrogen-bond donors (Lipinski definition) is 1. The number of aromatic nitrogens is 1. The van der Waals surface area contributed by atoms with Gasteiger partial charge < -0.3 is 14.7 Å². The fourth-order valence-electron chi connectivity index (χ4n) is 4.81. The summed E-state index contributed by atoms with van der Waals surface area (Å²) in [6.07, 6.45) is 7.63. The number of aryl methyl sites for hydroxylation is 1. The van der Waals surface area contributed by atoms with Crippen LogP contribution in [0.3, 0.4) is 0 Å². The van der Waals surface area contributed by atoms with Crippen molar-refractivity contribution in [2.45, 2.75) is 45.4 Å². The van der Waals surface area contributed by atoms with Gasteiger partial charge in [0.15, 0.2) is 0 Å². The minimum Gasteiger partial charge on any atom is -0.497 e. The minimum absolute atomic E-state index is 0.263. The van der Waals surface area contributed by atoms with Crippen molar-refractivity contribution in [2.24, 2.45) is 11.8 Å². The zero-order chi connectivity index (χ0) is 22.1. The first-order valence-electron chi connectivity index (χ1n) is 11.5. The molecule has 5 nitrogen and oxygen atoms in total. The average molecular weight is 445 g/mol. The van der Waals surface area contributed by atoms with Gasteiger partial charge in [0.25, 0.3) is 0 Å². The maximum atomic E-state index is 11.5. The Morgan fingerprint density at radius 1 is 1.29 bits per heavy atom. The number of thioether (sulfide) groups is 1. The fraction of sp³-hybridized carbons (Fsp3) is 0.600. The van der Waals surface area contributed by atoms with Crippen molar-refractivity contribution in [2.75, 3.05) is 38.2 Å². The largest absolute Gasteiger partial charge is 0.497 e. The molecule has 3 rings (SSSR count). The number of ether oxygens (including phenoxy) is 1. The van der Waals surface area contributed by atoms with Crippen LogP contribution in [-0.4, -0.2) is 59.2 Å². The van der Waals surface area contributed by atoms with Gasteiger partial charge in [0.1, 0.15) is 5.75 Å². The van der Waals surface area contributed by atoms with E-state index in [0.29, 0.717) is 12.3 Å². The van der Waals surface area contributed by atoms with Crippen LogP contribution in [0.25, 0.3) is 10.9 Å². The van der Waals surface area contributed by atoms with Crippen molar-refractivity contribution in [1.82, 2.24) is 9.88 Å². The second kappa shape index (κ2) is 12.3. The van der Waals surface area contributed by atoms with E-state index in [1.165, 1.54) is 23.5 Å². The predicted octanol–water partition coefficient (Wildman–Crippen LogP) is 5.12. The molecule has 6 heteroatoms. The molecule has 1 aliphatic heterocycles. The molecule has 0 amide bonds. The summed E-state index contributed by atoms with van der Waals surface area (Å²) in [5, 5.41) is 10.6. The zero-order valence-electron chi connectivity index (χ0n) is 18.9. The monoisotopic (exact) mass is 444 g/mol. The number of carboxylic acids is 1. The molecule has 2 heterocycles. The van der Waals surface area contributed by atoms with Crippen molar-refractivity contribution in [3.63, 3.8) is 0 Å². The van der Waals surface area contributed by atoms with Gasteiger partial charge in [-0.1, -0.05) is 6.92 Å². The third-order valence-electron chi connectivity index (χ3n) is 6.44. The molecule has 2 aromatic rings. The summed E-state index contributed by atoms with van der Waals surface area (Å²) >= 11 is 1.99. The molecule has 0 radical (unpaired) electrons. The Labute approximate surface area is 190 Å². The van der Waals surface area contributed by atoms with Gasteiger partial charge >= 0.3 is 5.97 Å². The van der Waals surface area contributed by atoms with E-state index in [-0.39, 0.29) is 5.92 Å². The Morgan fingerprint density at radius 3 is 2.94 bits per heavy atom. The molecule has 0 bridgehead atoms. The maximum Gasteiger partial charge on any atom is 0.303 e. The minimum atomic E-state index is -0.661. The van der Waals surface area contributed by atoms with Crippen LogP contribution in [0.4, 0.5) is 0 Å². The summed E-state index contributed by atoms with van der Waals surface area (Å²) in [5.41, 5.74) is 2.29. The molecule has 31 heavy (non-hydrogen) atoms. The highest BCUT2D eigenvalue weighted by Gasteiger charge is 2.30. The van der Waals surface area contributed by atoms with Gasteiger partial charge in [0.05, 0.1) is 12.6 Å². The summed E-state index contributed by atoms with van der Waals surface area (Å²) in [4.78, 5) is 18.4. The van der Waals surface area contributed by atoms with Crippen LogP contribution in [0.5, 0.6) is 5.75 Å². The number of aliphatic carboxylic acids is 1. The fourth-order valence-corrected chi connectivity index (χ4v) is 5.43. The topological polar surface area (TPSA) is 62.7 Å². The highest BCUT2D eigenvalue weighted by Crippen LogP contribution is 2.31. The SMILES string of the molecule is CCSCCCN1CC[C@@H](CCCc2ccnc3ccc(OC)cc23)[C@@H](CC(=O)O)C1. The van der Waals surface area contributed by atoms with Gasteiger partial charge in [-0.25, -0.2) is 0 Å². The first-order valence-corrected chi connectivity index (χ1v) is 12.7. The summed E-state index contributed by atoms with van der Waals surface area (Å²) in [6, 6.07) is 8.13. The molecule has 0 spiro atoms. The predicted molar refractivity (Wildman–Crippen MR) is 129 cm³/mol. The van der Waals surface area contributed by atoms with E-state index >= 15 is 0 Å². The van der Waals surface area contributed by atoms with Gasteiger partial charge in [-0.05, 0) is 98.4 Å². The summed E-state index contributed by atoms with van der Waals surface area (Å²) < 4.78 is 5.39. The van der Waals surface area contributed by atoms with E-state index in [0.717, 1.165) is 62.0 Å². The number of hydrogen-bond acceptors (Lipinski definition) is 5. The molecule has 1 aliphatic rings. The second-order valence-corrected chi connectivity index (χ2v) is 9.90. The molecule has 170 valence electrons. The lowest BCUT2D eigenvalue weighted by Crippen LogP contribution is -2.42. The van der Waals surface area contributed by atoms with Gasteiger partial charge in [-0.15, -0.1) is 0 Å². The standard InChI is InChI=1S/C25H36N2O3S/c1-3-31-15-5-13-27-14-11-19(21(18-27)16-25(28)29)6-4-7-20-10-12-26-24-9-8-22(30-2)17-23(20)24/h8-10,12,17,19,21H,3-7,11,13-16,18H2,1-2H3,(H,28,29)/t19-,21+/m1/s1. The van der Waals surface area contributed by atoms with Gasteiger partial charge in [0, 0.05) is 24.5 Å². The number of carboxylic acid groups (broad SMARTS) is 1. The van der Waals surface area contributed by atoms with Crippen LogP contribution < -0.4 is 4.74 Å². The van der Waals surface area contributed by atoms with Crippen LogP contribution in [0, 0.1) is 11.8 Å². The van der Waals surface area contributed by atoms with Crippen molar-refractivity contribution < 1.29 is 14.6 Å². The van der Waals surface area contributed by atoms with Crippen LogP contribution in [0.1, 0.15) is 44.6 Å². The molecule has 1 saturated heterocycles. The van der Waals surface area contributed by atoms with Crippen molar-refractivity contribution in [1.29, 1.82) is 0 Å². The summed E-state index contributed by atoms with van der Waals surface area (Å²) in [7, 11) is 1.69. The Hall–Kier alpha value is -1.79. The Balaban J connectivity index is 1.56. The normalized spacial score (nSPS) is 19.5. The van der Waals surface area contributed by atoms with Crippen molar-refractivity contribution in [3.05, 3.63) is 36.0 Å². The third-order valence-corrected chi connectivity index (χ3v) is 7.43. The van der Waals surface area contributed by atoms with E-state index in [1.54, 1.807) is 7.11 Å². The van der Waals surface area contributed by atoms with E-state index in [4.69, 9.17) is 4.74 Å². The van der Waals surface area contributed by atoms with Gasteiger partial charge in [0.2, 0.25) is 0 Å². The number of nitrogens with zero attached hydrogens (tertiary/aromatic N) is 2. The quantitative estimate of drug-likeness (QED) is 0.458. The van der Waals surface area contributed by atoms with Crippen LogP contribution >= 0.6 is 11.8 Å². The zero-order valence-corrected chi connectivity index (χ0v) is 19.7. The molecular formula is C25H36N2O3S. The second-order valence-electron chi connectivity index (χ2n) is 8.50. The van der Waals surface area contributed by atoms with Crippen molar-refractivity contribution >= 4 is 28.6 Å². The number of piperidine rings is 1. The number of methoxy groups -OCH3 is 1. The molecule has 1 aromatic heterocycles. The first-order chi connectivity index (χ1) is 15.1. The lowest BCUT2D eigenvalue weighted by atomic mass is 9.80. The number of likely N-dealkylation sites (tertiary alicyclic amines) is 1. The molecule has 1 N–H and O–H groups in total. The van der Waals surface area contributed by atoms with Crippen LogP contribution in [0.15, 0.2) is 30.5 Å². The number of benzene rings is 1. The summed E-state index contributed by atoms with van der Waals surface area (Å²) in [6.45, 7) is 5.33. The number of rotatable bonds is 12. The van der Waals surface area contributed by atoms with Crippen LogP contribution in [0.2, 0.25) is 0 Å². The Bertz CT molecular complexity index is 845. The summed E-state index contributed by atoms with van der Waals surface area (Å²) in [5.74, 6) is 3.33. The lowest BCUT2D eigenvalue weighted by molar-refractivity contribution is -0.139. The Morgan fingerprint density at radius 2 is 2.16 bits per heavy atom. The van der Waals surface area contributed by atoms with E-state index in [9.17, 15) is 9.90 Å². The smallest absolute Gasteiger partial charge is 0.303 e. The molecule has 1 fully saturated rings. The number of pyridine rings is 1. The van der Waals surface area contributed by atoms with E-state index < -0.39 is 5.97 Å². The molecular weight excluding hydrogens is 408 g/mol. The number of fused-ring (bicyclic) bond motifs is 1. The third kappa shape index (κ3) is 7.11. The van der Waals surface area contributed by atoms with Gasteiger partial charge in [-0.2, -0.15) is 11.8 Å². The van der Waals surface area contributed by atoms with E-state index in [2.05, 4.69) is 28.9 Å². The Kier molecular flexibility index (Phi) is 9.47. The van der Waals surface area contributed by atoms with Gasteiger partial charge in [-0.3, -0.25) is 9.78 Å². The molecule has 0 saturated carbocycles. The molecule has 1 aromatic carbocycles. The maximum absolute atomic E-state index is 11.5. The highest BCUT2D eigenvalue weighted by atomic mass is 32.2. The highest BCUT2D eigenvalue weighted by molar-refractivity contribution is 7.99. The number of carbonyl (C=O) groups is 1. The first kappa shape index (κ1) is 23.9. The van der Waals surface area contributed by atoms with Crippen LogP contribution in [-0.2, 0) is 11.2 Å². The molecule has 0 aliphatic carbocycles. The average Bonchev–Trinajstić information content (AvgIpc) is 2.77. The van der Waals surface area contributed by atoms with E-state index in [1.807, 2.05) is 30.1 Å². The molecule has 0 unspecified atom stereocenters.